The largest absolute Gasteiger partial charge is 0.484 e. The van der Waals surface area contributed by atoms with E-state index < -0.39 is 35.1 Å². The lowest BCUT2D eigenvalue weighted by atomic mass is 9.54. The molecule has 3 fully saturated rings. The first-order chi connectivity index (χ1) is 18.7. The van der Waals surface area contributed by atoms with E-state index in [0.717, 1.165) is 0 Å². The second-order valence-corrected chi connectivity index (χ2v) is 11.6. The molecule has 4 N–H and O–H groups in total. The highest BCUT2D eigenvalue weighted by Gasteiger charge is 2.55. The molecule has 3 aliphatic carbocycles. The van der Waals surface area contributed by atoms with Crippen molar-refractivity contribution in [3.05, 3.63) is 52.9 Å². The first-order valence-corrected chi connectivity index (χ1v) is 13.4. The van der Waals surface area contributed by atoms with Crippen molar-refractivity contribution in [2.24, 2.45) is 5.41 Å². The molecule has 3 aromatic rings. The van der Waals surface area contributed by atoms with Crippen LogP contribution in [0.3, 0.4) is 0 Å². The lowest BCUT2D eigenvalue weighted by Gasteiger charge is -2.56. The number of hydrogen-bond acceptors (Lipinski definition) is 7. The zero-order valence-corrected chi connectivity index (χ0v) is 21.8. The normalized spacial score (nSPS) is 29.5. The Hall–Kier alpha value is -3.21. The highest BCUT2D eigenvalue weighted by Crippen LogP contribution is 2.54. The van der Waals surface area contributed by atoms with Crippen molar-refractivity contribution in [3.8, 4) is 11.5 Å². The van der Waals surface area contributed by atoms with Crippen LogP contribution in [0.2, 0.25) is 5.02 Å². The van der Waals surface area contributed by atoms with Gasteiger partial charge >= 0.3 is 0 Å². The third-order valence-corrected chi connectivity index (χ3v) is 8.91. The van der Waals surface area contributed by atoms with Gasteiger partial charge in [0.15, 0.2) is 18.5 Å². The summed E-state index contributed by atoms with van der Waals surface area (Å²) in [5.74, 6) is -0.353. The predicted octanol–water partition coefficient (Wildman–Crippen LogP) is 3.76. The third kappa shape index (κ3) is 4.85. The molecule has 2 aromatic carbocycles. The number of hydrogen-bond donors (Lipinski definition) is 4. The van der Waals surface area contributed by atoms with Gasteiger partial charge in [0.2, 0.25) is 0 Å². The smallest absolute Gasteiger partial charge is 0.258 e. The first-order valence-electron chi connectivity index (χ1n) is 13.1. The van der Waals surface area contributed by atoms with E-state index in [0.29, 0.717) is 59.3 Å². The Labute approximate surface area is 228 Å². The Morgan fingerprint density at radius 3 is 2.77 bits per heavy atom. The SMILES string of the molecule is O=C(COc1cc(F)c2cn[nH]c2c1)NC12CCC(CC(=O)[C@H]3C[C@@H](O)c4cc(Cl)ccc4O3)(CC1)[C@@H](O)C2. The van der Waals surface area contributed by atoms with Crippen LogP contribution < -0.4 is 14.8 Å². The Morgan fingerprint density at radius 2 is 2.00 bits per heavy atom. The molecule has 7 rings (SSSR count). The Bertz CT molecular complexity index is 1440. The maximum Gasteiger partial charge on any atom is 0.258 e. The number of benzene rings is 2. The topological polar surface area (TPSA) is 134 Å². The van der Waals surface area contributed by atoms with Gasteiger partial charge in [-0.15, -0.1) is 0 Å². The van der Waals surface area contributed by atoms with Crippen LogP contribution in [0, 0.1) is 11.2 Å². The Balaban J connectivity index is 1.05. The van der Waals surface area contributed by atoms with Crippen LogP contribution in [0.15, 0.2) is 36.5 Å². The molecular weight excluding hydrogens is 529 g/mol. The van der Waals surface area contributed by atoms with Gasteiger partial charge in [-0.3, -0.25) is 14.7 Å². The first kappa shape index (κ1) is 26.0. The van der Waals surface area contributed by atoms with Gasteiger partial charge in [0.1, 0.15) is 17.3 Å². The number of amides is 1. The molecule has 1 aromatic heterocycles. The molecule has 4 aliphatic rings. The van der Waals surface area contributed by atoms with Crippen molar-refractivity contribution in [3.63, 3.8) is 0 Å². The summed E-state index contributed by atoms with van der Waals surface area (Å²) < 4.78 is 25.6. The summed E-state index contributed by atoms with van der Waals surface area (Å²) >= 11 is 6.03. The van der Waals surface area contributed by atoms with Gasteiger partial charge in [-0.05, 0) is 50.3 Å². The van der Waals surface area contributed by atoms with E-state index in [1.54, 1.807) is 24.3 Å². The molecule has 2 bridgehead atoms. The lowest BCUT2D eigenvalue weighted by Crippen LogP contribution is -2.63. The molecule has 39 heavy (non-hydrogen) atoms. The summed E-state index contributed by atoms with van der Waals surface area (Å²) in [4.78, 5) is 26.0. The van der Waals surface area contributed by atoms with Crippen LogP contribution in [0.25, 0.3) is 10.9 Å². The van der Waals surface area contributed by atoms with Gasteiger partial charge in [0.05, 0.1) is 29.3 Å². The number of Topliss-reactive ketones (excluding diaryl/α,β-unsaturated/α-hetero) is 1. The molecule has 1 aliphatic heterocycles. The number of nitrogens with zero attached hydrogens (tertiary/aromatic N) is 1. The van der Waals surface area contributed by atoms with Crippen LogP contribution in [0.5, 0.6) is 11.5 Å². The number of ketones is 1. The molecule has 2 heterocycles. The predicted molar refractivity (Wildman–Crippen MR) is 139 cm³/mol. The molecule has 9 nitrogen and oxygen atoms in total. The molecule has 0 radical (unpaired) electrons. The van der Waals surface area contributed by atoms with E-state index in [2.05, 4.69) is 15.5 Å². The van der Waals surface area contributed by atoms with Crippen LogP contribution >= 0.6 is 11.6 Å². The number of halogens is 2. The van der Waals surface area contributed by atoms with Gasteiger partial charge < -0.3 is 25.0 Å². The fraction of sp³-hybridized carbons (Fsp3) is 0.464. The minimum atomic E-state index is -0.857. The number of aromatic amines is 1. The van der Waals surface area contributed by atoms with Gasteiger partial charge in [0.25, 0.3) is 5.91 Å². The van der Waals surface area contributed by atoms with Crippen molar-refractivity contribution in [1.29, 1.82) is 0 Å². The van der Waals surface area contributed by atoms with E-state index >= 15 is 0 Å². The second-order valence-electron chi connectivity index (χ2n) is 11.1. The van der Waals surface area contributed by atoms with E-state index in [1.807, 2.05) is 0 Å². The van der Waals surface area contributed by atoms with Crippen LogP contribution in [-0.2, 0) is 9.59 Å². The average Bonchev–Trinajstić information content (AvgIpc) is 3.38. The number of rotatable bonds is 7. The van der Waals surface area contributed by atoms with Crippen molar-refractivity contribution >= 4 is 34.2 Å². The number of nitrogens with one attached hydrogen (secondary N) is 2. The summed E-state index contributed by atoms with van der Waals surface area (Å²) in [6, 6.07) is 7.74. The molecule has 1 amide bonds. The van der Waals surface area contributed by atoms with Crippen LogP contribution in [0.1, 0.15) is 56.6 Å². The minimum Gasteiger partial charge on any atom is -0.484 e. The number of carbonyl (C=O) groups is 2. The number of carbonyl (C=O) groups excluding carboxylic acids is 2. The molecule has 3 saturated carbocycles. The summed E-state index contributed by atoms with van der Waals surface area (Å²) in [5.41, 5.74) is -0.138. The second kappa shape index (κ2) is 9.76. The maximum atomic E-state index is 14.2. The molecular formula is C28H29ClFN3O6. The van der Waals surface area contributed by atoms with Crippen molar-refractivity contribution in [2.75, 3.05) is 6.61 Å². The number of H-pyrrole nitrogens is 1. The number of ether oxygens (including phenoxy) is 2. The minimum absolute atomic E-state index is 0.134. The van der Waals surface area contributed by atoms with Crippen molar-refractivity contribution in [1.82, 2.24) is 15.5 Å². The van der Waals surface area contributed by atoms with E-state index in [4.69, 9.17) is 21.1 Å². The average molecular weight is 558 g/mol. The van der Waals surface area contributed by atoms with E-state index in [-0.39, 0.29) is 36.9 Å². The highest BCUT2D eigenvalue weighted by molar-refractivity contribution is 6.30. The van der Waals surface area contributed by atoms with Gasteiger partial charge in [-0.25, -0.2) is 4.39 Å². The van der Waals surface area contributed by atoms with Gasteiger partial charge in [-0.2, -0.15) is 5.10 Å². The number of aromatic nitrogens is 2. The highest BCUT2D eigenvalue weighted by atomic mass is 35.5. The van der Waals surface area contributed by atoms with Crippen molar-refractivity contribution in [2.45, 2.75) is 68.8 Å². The summed E-state index contributed by atoms with van der Waals surface area (Å²) in [5, 5.41) is 32.0. The molecule has 0 saturated heterocycles. The summed E-state index contributed by atoms with van der Waals surface area (Å²) in [6.07, 6.45) is 1.94. The van der Waals surface area contributed by atoms with Crippen LogP contribution in [0.4, 0.5) is 4.39 Å². The Morgan fingerprint density at radius 1 is 1.21 bits per heavy atom. The fourth-order valence-electron chi connectivity index (χ4n) is 6.44. The quantitative estimate of drug-likeness (QED) is 0.347. The zero-order valence-electron chi connectivity index (χ0n) is 21.1. The van der Waals surface area contributed by atoms with Crippen molar-refractivity contribution < 1.29 is 33.7 Å². The molecule has 0 spiro atoms. The molecule has 11 heteroatoms. The van der Waals surface area contributed by atoms with Gasteiger partial charge in [0, 0.05) is 46.5 Å². The molecule has 3 atom stereocenters. The lowest BCUT2D eigenvalue weighted by molar-refractivity contribution is -0.146. The zero-order chi connectivity index (χ0) is 27.4. The monoisotopic (exact) mass is 557 g/mol. The number of aliphatic hydroxyl groups excluding tert-OH is 2. The molecule has 206 valence electrons. The fourth-order valence-corrected chi connectivity index (χ4v) is 6.62. The standard InChI is InChI=1S/C28H29ClFN3O6/c29-15-1-2-23-17(7-15)21(34)10-24(39-23)22(35)11-27-3-5-28(6-4-27,12-25(27)36)32-26(37)14-38-16-8-19(30)18-13-31-33-20(18)9-16/h1-2,7-9,13,21,24-25,34,36H,3-6,10-12,14H2,(H,31,33)(H,32,37)/t21-,24-,25+,27?,28?/m1/s1. The number of aliphatic hydroxyl groups is 2. The van der Waals surface area contributed by atoms with Gasteiger partial charge in [-0.1, -0.05) is 11.6 Å². The molecule has 0 unspecified atom stereocenters. The van der Waals surface area contributed by atoms with Crippen LogP contribution in [-0.4, -0.2) is 56.5 Å². The third-order valence-electron chi connectivity index (χ3n) is 8.67. The van der Waals surface area contributed by atoms with E-state index in [9.17, 15) is 24.2 Å². The summed E-state index contributed by atoms with van der Waals surface area (Å²) in [7, 11) is 0. The maximum absolute atomic E-state index is 14.2. The summed E-state index contributed by atoms with van der Waals surface area (Å²) in [6.45, 7) is -0.297. The number of fused-ring (bicyclic) bond motifs is 5. The van der Waals surface area contributed by atoms with E-state index in [1.165, 1.54) is 12.3 Å². The Kier molecular flexibility index (Phi) is 6.52.